The van der Waals surface area contributed by atoms with Crippen molar-refractivity contribution in [1.29, 1.82) is 0 Å². The zero-order valence-corrected chi connectivity index (χ0v) is 12.9. The predicted octanol–water partition coefficient (Wildman–Crippen LogP) is 3.80. The summed E-state index contributed by atoms with van der Waals surface area (Å²) in [5.41, 5.74) is -0.570. The van der Waals surface area contributed by atoms with Gasteiger partial charge in [-0.3, -0.25) is 4.79 Å². The van der Waals surface area contributed by atoms with Gasteiger partial charge in [0, 0.05) is 5.56 Å². The Morgan fingerprint density at radius 3 is 2.43 bits per heavy atom. The summed E-state index contributed by atoms with van der Waals surface area (Å²) in [5, 5.41) is -0.291. The number of hydrogen-bond acceptors (Lipinski definition) is 4. The normalized spacial score (nSPS) is 11.2. The highest BCUT2D eigenvalue weighted by atomic mass is 35.5. The van der Waals surface area contributed by atoms with E-state index < -0.39 is 17.6 Å². The molecule has 0 aliphatic rings. The molecule has 0 saturated heterocycles. The van der Waals surface area contributed by atoms with Crippen LogP contribution in [0, 0.1) is 5.82 Å². The maximum Gasteiger partial charge on any atom is 0.345 e. The summed E-state index contributed by atoms with van der Waals surface area (Å²) in [4.78, 5) is 24.1. The topological polar surface area (TPSA) is 52.6 Å². The molecule has 4 nitrogen and oxygen atoms in total. The number of carbonyl (C=O) groups is 2. The maximum atomic E-state index is 13.5. The lowest BCUT2D eigenvalue weighted by Gasteiger charge is -2.08. The highest BCUT2D eigenvalue weighted by Crippen LogP contribution is 2.26. The molecule has 0 spiro atoms. The van der Waals surface area contributed by atoms with Gasteiger partial charge in [-0.2, -0.15) is 0 Å². The number of ether oxygens (including phenoxy) is 2. The standard InChI is InChI=1S/C14H13Cl2FO4/c1-3-20-7-9(14(19)21-4-2)13(18)8-5-12(17)11(16)6-10(8)15/h5-7H,3-4H2,1-2H3/b9-7-. The third-order valence-corrected chi connectivity index (χ3v) is 2.96. The van der Waals surface area contributed by atoms with E-state index in [1.165, 1.54) is 0 Å². The number of benzene rings is 1. The Labute approximate surface area is 131 Å². The van der Waals surface area contributed by atoms with Crippen molar-refractivity contribution in [3.63, 3.8) is 0 Å². The molecule has 0 saturated carbocycles. The molecule has 0 bridgehead atoms. The zero-order valence-electron chi connectivity index (χ0n) is 11.4. The minimum absolute atomic E-state index is 0.0712. The molecule has 7 heteroatoms. The van der Waals surface area contributed by atoms with E-state index in [0.717, 1.165) is 18.4 Å². The lowest BCUT2D eigenvalue weighted by molar-refractivity contribution is -0.138. The highest BCUT2D eigenvalue weighted by Gasteiger charge is 2.25. The third kappa shape index (κ3) is 4.44. The molecule has 0 aromatic heterocycles. The molecule has 1 aromatic rings. The molecule has 114 valence electrons. The van der Waals surface area contributed by atoms with E-state index in [1.807, 2.05) is 0 Å². The number of hydrogen-bond donors (Lipinski definition) is 0. The van der Waals surface area contributed by atoms with Crippen LogP contribution < -0.4 is 0 Å². The van der Waals surface area contributed by atoms with Crippen LogP contribution in [0.5, 0.6) is 0 Å². The van der Waals surface area contributed by atoms with Crippen LogP contribution in [0.2, 0.25) is 10.0 Å². The van der Waals surface area contributed by atoms with E-state index in [9.17, 15) is 14.0 Å². The quantitative estimate of drug-likeness (QED) is 0.151. The summed E-state index contributed by atoms with van der Waals surface area (Å²) in [7, 11) is 0. The second kappa shape index (κ2) is 8.00. The first-order valence-corrected chi connectivity index (χ1v) is 6.86. The van der Waals surface area contributed by atoms with Gasteiger partial charge in [-0.1, -0.05) is 23.2 Å². The Morgan fingerprint density at radius 1 is 1.19 bits per heavy atom. The molecule has 1 aromatic carbocycles. The second-order valence-corrected chi connectivity index (χ2v) is 4.60. The first-order valence-electron chi connectivity index (χ1n) is 6.10. The van der Waals surface area contributed by atoms with Gasteiger partial charge in [-0.05, 0) is 26.0 Å². The minimum atomic E-state index is -0.873. The summed E-state index contributed by atoms with van der Waals surface area (Å²) >= 11 is 11.4. The SMILES string of the molecule is CCO/C=C(\C(=O)OCC)C(=O)c1cc(F)c(Cl)cc1Cl. The Bertz CT molecular complexity index is 585. The van der Waals surface area contributed by atoms with Gasteiger partial charge in [0.1, 0.15) is 17.7 Å². The van der Waals surface area contributed by atoms with Crippen molar-refractivity contribution in [2.45, 2.75) is 13.8 Å². The molecule has 1 rings (SSSR count). The van der Waals surface area contributed by atoms with Crippen molar-refractivity contribution in [3.05, 3.63) is 45.4 Å². The monoisotopic (exact) mass is 334 g/mol. The molecule has 0 aliphatic carbocycles. The van der Waals surface area contributed by atoms with Crippen molar-refractivity contribution in [3.8, 4) is 0 Å². The molecule has 0 radical (unpaired) electrons. The number of halogens is 3. The summed E-state index contributed by atoms with van der Waals surface area (Å²) in [6.07, 6.45) is 0.975. The highest BCUT2D eigenvalue weighted by molar-refractivity contribution is 6.39. The van der Waals surface area contributed by atoms with Crippen LogP contribution in [0.4, 0.5) is 4.39 Å². The fourth-order valence-electron chi connectivity index (χ4n) is 1.41. The minimum Gasteiger partial charge on any atom is -0.500 e. The Balaban J connectivity index is 3.23. The van der Waals surface area contributed by atoms with Crippen molar-refractivity contribution in [2.75, 3.05) is 13.2 Å². The van der Waals surface area contributed by atoms with E-state index in [4.69, 9.17) is 32.7 Å². The maximum absolute atomic E-state index is 13.5. The Hall–Kier alpha value is -1.59. The molecule has 0 heterocycles. The summed E-state index contributed by atoms with van der Waals surface area (Å²) in [6.45, 7) is 3.60. The van der Waals surface area contributed by atoms with E-state index in [0.29, 0.717) is 0 Å². The molecular formula is C14H13Cl2FO4. The fourth-order valence-corrected chi connectivity index (χ4v) is 1.88. The molecule has 0 unspecified atom stereocenters. The summed E-state index contributed by atoms with van der Waals surface area (Å²) < 4.78 is 23.2. The fraction of sp³-hybridized carbons (Fsp3) is 0.286. The average Bonchev–Trinajstić information content (AvgIpc) is 2.43. The molecule has 0 atom stereocenters. The van der Waals surface area contributed by atoms with Crippen LogP contribution in [-0.2, 0) is 14.3 Å². The van der Waals surface area contributed by atoms with Gasteiger partial charge in [-0.15, -0.1) is 0 Å². The van der Waals surface area contributed by atoms with Gasteiger partial charge in [0.2, 0.25) is 5.78 Å². The van der Waals surface area contributed by atoms with Crippen LogP contribution in [-0.4, -0.2) is 25.0 Å². The van der Waals surface area contributed by atoms with E-state index in [2.05, 4.69) is 0 Å². The predicted molar refractivity (Wildman–Crippen MR) is 77.1 cm³/mol. The smallest absolute Gasteiger partial charge is 0.345 e. The van der Waals surface area contributed by atoms with E-state index >= 15 is 0 Å². The Kier molecular flexibility index (Phi) is 6.65. The van der Waals surface area contributed by atoms with Crippen molar-refractivity contribution < 1.29 is 23.5 Å². The second-order valence-electron chi connectivity index (χ2n) is 3.78. The number of rotatable bonds is 6. The van der Waals surface area contributed by atoms with Crippen molar-refractivity contribution in [2.24, 2.45) is 0 Å². The molecule has 0 N–H and O–H groups in total. The summed E-state index contributed by atoms with van der Waals surface area (Å²) in [5.74, 6) is -2.49. The average molecular weight is 335 g/mol. The number of esters is 1. The van der Waals surface area contributed by atoms with Crippen LogP contribution in [0.1, 0.15) is 24.2 Å². The van der Waals surface area contributed by atoms with Crippen LogP contribution in [0.3, 0.4) is 0 Å². The van der Waals surface area contributed by atoms with Crippen LogP contribution in [0.25, 0.3) is 0 Å². The first kappa shape index (κ1) is 17.5. The largest absolute Gasteiger partial charge is 0.500 e. The van der Waals surface area contributed by atoms with Gasteiger partial charge >= 0.3 is 5.97 Å². The molecule has 0 aliphatic heterocycles. The third-order valence-electron chi connectivity index (χ3n) is 2.36. The van der Waals surface area contributed by atoms with Gasteiger partial charge in [-0.25, -0.2) is 9.18 Å². The first-order chi connectivity index (χ1) is 9.92. The Morgan fingerprint density at radius 2 is 1.86 bits per heavy atom. The molecule has 21 heavy (non-hydrogen) atoms. The van der Waals surface area contributed by atoms with Crippen molar-refractivity contribution in [1.82, 2.24) is 0 Å². The van der Waals surface area contributed by atoms with Crippen molar-refractivity contribution >= 4 is 35.0 Å². The van der Waals surface area contributed by atoms with Gasteiger partial charge < -0.3 is 9.47 Å². The number of carbonyl (C=O) groups excluding carboxylic acids is 2. The number of Topliss-reactive ketones (excluding diaryl/α,β-unsaturated/α-hetero) is 1. The molecule has 0 amide bonds. The molecular weight excluding hydrogens is 322 g/mol. The van der Waals surface area contributed by atoms with Gasteiger partial charge in [0.15, 0.2) is 0 Å². The van der Waals surface area contributed by atoms with Gasteiger partial charge in [0.05, 0.1) is 23.3 Å². The summed E-state index contributed by atoms with van der Waals surface area (Å²) in [6, 6.07) is 1.96. The van der Waals surface area contributed by atoms with E-state index in [-0.39, 0.29) is 34.4 Å². The lowest BCUT2D eigenvalue weighted by Crippen LogP contribution is -2.17. The molecule has 0 fully saturated rings. The lowest BCUT2D eigenvalue weighted by atomic mass is 10.0. The zero-order chi connectivity index (χ0) is 16.0. The van der Waals surface area contributed by atoms with E-state index in [1.54, 1.807) is 13.8 Å². The van der Waals surface area contributed by atoms with Crippen LogP contribution >= 0.6 is 23.2 Å². The van der Waals surface area contributed by atoms with Crippen LogP contribution in [0.15, 0.2) is 24.0 Å². The van der Waals surface area contributed by atoms with Gasteiger partial charge in [0.25, 0.3) is 0 Å². The number of ketones is 1.